The molecular formula is C7H9BClNaO3. The van der Waals surface area contributed by atoms with E-state index in [2.05, 4.69) is 4.65 Å². The molecule has 2 N–H and O–H groups in total. The third-order valence-electron chi connectivity index (χ3n) is 1.35. The van der Waals surface area contributed by atoms with Crippen molar-refractivity contribution in [2.45, 2.75) is 6.61 Å². The Balaban J connectivity index is 0.00000144. The molecule has 0 heterocycles. The maximum atomic E-state index is 8.39. The van der Waals surface area contributed by atoms with E-state index in [4.69, 9.17) is 21.6 Å². The molecule has 0 amide bonds. The molecule has 0 bridgehead atoms. The standard InChI is InChI=1S/C7H8BClO3.Na.H/c9-7-4-2-1-3-6(7)5-12-8(10)11;;/h1-4,10-11H,5H2;;. The molecule has 0 saturated heterocycles. The van der Waals surface area contributed by atoms with Crippen LogP contribution in [0.2, 0.25) is 5.02 Å². The van der Waals surface area contributed by atoms with Crippen LogP contribution in [0.25, 0.3) is 0 Å². The van der Waals surface area contributed by atoms with Crippen LogP contribution >= 0.6 is 11.6 Å². The summed E-state index contributed by atoms with van der Waals surface area (Å²) in [4.78, 5) is 0. The van der Waals surface area contributed by atoms with Crippen molar-refractivity contribution in [3.63, 3.8) is 0 Å². The monoisotopic (exact) mass is 210 g/mol. The molecule has 66 valence electrons. The second-order valence-electron chi connectivity index (χ2n) is 2.23. The van der Waals surface area contributed by atoms with E-state index in [1.165, 1.54) is 0 Å². The zero-order chi connectivity index (χ0) is 8.97. The van der Waals surface area contributed by atoms with Crippen molar-refractivity contribution in [2.75, 3.05) is 0 Å². The predicted molar refractivity (Wildman–Crippen MR) is 53.6 cm³/mol. The van der Waals surface area contributed by atoms with Crippen LogP contribution in [0.4, 0.5) is 0 Å². The first kappa shape index (κ1) is 13.5. The third kappa shape index (κ3) is 5.03. The molecule has 0 radical (unpaired) electrons. The number of rotatable bonds is 3. The van der Waals surface area contributed by atoms with E-state index in [9.17, 15) is 0 Å². The summed E-state index contributed by atoms with van der Waals surface area (Å²) in [6.45, 7) is 0.0946. The fraction of sp³-hybridized carbons (Fsp3) is 0.143. The Kier molecular flexibility index (Phi) is 7.08. The van der Waals surface area contributed by atoms with E-state index in [-0.39, 0.29) is 36.2 Å². The van der Waals surface area contributed by atoms with Gasteiger partial charge in [-0.3, -0.25) is 0 Å². The molecular weight excluding hydrogens is 201 g/mol. The summed E-state index contributed by atoms with van der Waals surface area (Å²) in [5.74, 6) is 0. The summed E-state index contributed by atoms with van der Waals surface area (Å²) >= 11 is 5.76. The summed E-state index contributed by atoms with van der Waals surface area (Å²) in [6.07, 6.45) is 0. The quantitative estimate of drug-likeness (QED) is 0.700. The fourth-order valence-corrected chi connectivity index (χ4v) is 0.970. The summed E-state index contributed by atoms with van der Waals surface area (Å²) < 4.78 is 4.54. The Labute approximate surface area is 104 Å². The van der Waals surface area contributed by atoms with Crippen LogP contribution in [0.1, 0.15) is 5.56 Å². The maximum absolute atomic E-state index is 8.39. The second-order valence-corrected chi connectivity index (χ2v) is 2.64. The summed E-state index contributed by atoms with van der Waals surface area (Å²) in [5.41, 5.74) is 0.729. The van der Waals surface area contributed by atoms with Crippen LogP contribution in [0.3, 0.4) is 0 Å². The van der Waals surface area contributed by atoms with E-state index in [1.54, 1.807) is 24.3 Å². The van der Waals surface area contributed by atoms with Gasteiger partial charge in [0.1, 0.15) is 0 Å². The molecule has 0 fully saturated rings. The normalized spacial score (nSPS) is 9.15. The molecule has 0 aliphatic rings. The zero-order valence-corrected chi connectivity index (χ0v) is 7.03. The van der Waals surface area contributed by atoms with E-state index in [0.717, 1.165) is 5.56 Å². The van der Waals surface area contributed by atoms with Gasteiger partial charge in [-0.05, 0) is 11.6 Å². The molecule has 0 spiro atoms. The van der Waals surface area contributed by atoms with Crippen molar-refractivity contribution in [2.24, 2.45) is 0 Å². The minimum atomic E-state index is -1.75. The molecule has 1 aromatic rings. The Morgan fingerprint density at radius 1 is 1.31 bits per heavy atom. The molecule has 3 nitrogen and oxygen atoms in total. The van der Waals surface area contributed by atoms with Gasteiger partial charge < -0.3 is 14.7 Å². The molecule has 0 aromatic heterocycles. The summed E-state index contributed by atoms with van der Waals surface area (Å²) in [6, 6.07) is 7.06. The molecule has 1 aromatic carbocycles. The Hall–Kier alpha value is 0.455. The first-order chi connectivity index (χ1) is 5.70. The molecule has 13 heavy (non-hydrogen) atoms. The van der Waals surface area contributed by atoms with Crippen LogP contribution in [0, 0.1) is 0 Å². The average molecular weight is 210 g/mol. The van der Waals surface area contributed by atoms with Gasteiger partial charge in [0.05, 0.1) is 6.61 Å². The van der Waals surface area contributed by atoms with Gasteiger partial charge in [-0.1, -0.05) is 29.8 Å². The number of hydrogen-bond acceptors (Lipinski definition) is 3. The third-order valence-corrected chi connectivity index (χ3v) is 1.71. The first-order valence-electron chi connectivity index (χ1n) is 3.41. The SMILES string of the molecule is OB(O)OCc1ccccc1Cl.[NaH]. The first-order valence-corrected chi connectivity index (χ1v) is 3.79. The van der Waals surface area contributed by atoms with Gasteiger partial charge in [0.2, 0.25) is 0 Å². The van der Waals surface area contributed by atoms with Gasteiger partial charge in [-0.15, -0.1) is 0 Å². The van der Waals surface area contributed by atoms with Gasteiger partial charge in [-0.25, -0.2) is 0 Å². The molecule has 0 unspecified atom stereocenters. The van der Waals surface area contributed by atoms with Crippen molar-refractivity contribution in [3.8, 4) is 0 Å². The van der Waals surface area contributed by atoms with Gasteiger partial charge in [0.15, 0.2) is 0 Å². The van der Waals surface area contributed by atoms with E-state index in [0.29, 0.717) is 5.02 Å². The van der Waals surface area contributed by atoms with Crippen LogP contribution < -0.4 is 0 Å². The van der Waals surface area contributed by atoms with Crippen LogP contribution in [0.15, 0.2) is 24.3 Å². The Bertz CT molecular complexity index is 259. The predicted octanol–water partition coefficient (Wildman–Crippen LogP) is 0.178. The fourth-order valence-electron chi connectivity index (χ4n) is 0.780. The van der Waals surface area contributed by atoms with Gasteiger partial charge in [0.25, 0.3) is 0 Å². The van der Waals surface area contributed by atoms with Crippen molar-refractivity contribution in [1.82, 2.24) is 0 Å². The van der Waals surface area contributed by atoms with Crippen molar-refractivity contribution in [1.29, 1.82) is 0 Å². The molecule has 0 aliphatic heterocycles. The van der Waals surface area contributed by atoms with Crippen molar-refractivity contribution < 1.29 is 14.7 Å². The molecule has 0 saturated carbocycles. The van der Waals surface area contributed by atoms with Gasteiger partial charge in [0, 0.05) is 5.02 Å². The van der Waals surface area contributed by atoms with Crippen LogP contribution in [-0.4, -0.2) is 46.9 Å². The van der Waals surface area contributed by atoms with E-state index >= 15 is 0 Å². The average Bonchev–Trinajstić information content (AvgIpc) is 2.03. The van der Waals surface area contributed by atoms with Gasteiger partial charge in [-0.2, -0.15) is 0 Å². The minimum absolute atomic E-state index is 0. The molecule has 1 rings (SSSR count). The number of benzene rings is 1. The van der Waals surface area contributed by atoms with E-state index < -0.39 is 7.32 Å². The van der Waals surface area contributed by atoms with Crippen molar-refractivity contribution >= 4 is 48.5 Å². The molecule has 0 atom stereocenters. The van der Waals surface area contributed by atoms with Crippen LogP contribution in [-0.2, 0) is 11.3 Å². The number of halogens is 1. The van der Waals surface area contributed by atoms with Crippen LogP contribution in [0.5, 0.6) is 0 Å². The van der Waals surface area contributed by atoms with E-state index in [1.807, 2.05) is 0 Å². The molecule has 0 aliphatic carbocycles. The van der Waals surface area contributed by atoms with Crippen molar-refractivity contribution in [3.05, 3.63) is 34.9 Å². The Morgan fingerprint density at radius 3 is 2.46 bits per heavy atom. The topological polar surface area (TPSA) is 49.7 Å². The summed E-state index contributed by atoms with van der Waals surface area (Å²) in [7, 11) is -1.75. The summed E-state index contributed by atoms with van der Waals surface area (Å²) in [5, 5.41) is 17.3. The van der Waals surface area contributed by atoms with Gasteiger partial charge >= 0.3 is 36.9 Å². The zero-order valence-electron chi connectivity index (χ0n) is 6.27. The number of hydrogen-bond donors (Lipinski definition) is 2. The second kappa shape index (κ2) is 6.84. The molecule has 6 heteroatoms. The Morgan fingerprint density at radius 2 is 1.92 bits per heavy atom.